The van der Waals surface area contributed by atoms with Crippen LogP contribution in [0.3, 0.4) is 0 Å². The first kappa shape index (κ1) is 20.4. The average molecular weight is 368 g/mol. The van der Waals surface area contributed by atoms with Crippen LogP contribution in [0.25, 0.3) is 0 Å². The van der Waals surface area contributed by atoms with Crippen molar-refractivity contribution in [1.29, 1.82) is 0 Å². The van der Waals surface area contributed by atoms with E-state index in [1.165, 1.54) is 32.0 Å². The minimum absolute atomic E-state index is 0.165. The lowest BCUT2D eigenvalue weighted by Crippen LogP contribution is -2.39. The van der Waals surface area contributed by atoms with Crippen molar-refractivity contribution in [2.75, 3.05) is 33.2 Å². The van der Waals surface area contributed by atoms with Gasteiger partial charge in [-0.1, -0.05) is 19.1 Å². The number of hydrogen-bond acceptors (Lipinski definition) is 3. The van der Waals surface area contributed by atoms with Gasteiger partial charge in [-0.3, -0.25) is 4.99 Å². The molecule has 1 aliphatic rings. The zero-order valence-corrected chi connectivity index (χ0v) is 15.7. The van der Waals surface area contributed by atoms with Gasteiger partial charge in [0.05, 0.1) is 0 Å². The van der Waals surface area contributed by atoms with Gasteiger partial charge in [-0.15, -0.1) is 0 Å². The molecule has 2 N–H and O–H groups in total. The van der Waals surface area contributed by atoms with Gasteiger partial charge >= 0.3 is 6.61 Å². The summed E-state index contributed by atoms with van der Waals surface area (Å²) in [5.41, 5.74) is 0.855. The van der Waals surface area contributed by atoms with Crippen LogP contribution in [0.2, 0.25) is 0 Å². The maximum absolute atomic E-state index is 12.3. The molecule has 1 saturated heterocycles. The topological polar surface area (TPSA) is 48.9 Å². The molecule has 1 aliphatic heterocycles. The molecule has 1 fully saturated rings. The van der Waals surface area contributed by atoms with E-state index < -0.39 is 6.61 Å². The summed E-state index contributed by atoms with van der Waals surface area (Å²) in [6.07, 6.45) is 3.66. The van der Waals surface area contributed by atoms with Gasteiger partial charge < -0.3 is 20.3 Å². The molecule has 0 amide bonds. The minimum atomic E-state index is -2.81. The van der Waals surface area contributed by atoms with Crippen LogP contribution < -0.4 is 15.4 Å². The van der Waals surface area contributed by atoms with E-state index in [0.29, 0.717) is 12.5 Å². The zero-order valence-electron chi connectivity index (χ0n) is 15.7. The van der Waals surface area contributed by atoms with Crippen molar-refractivity contribution in [1.82, 2.24) is 15.5 Å². The number of likely N-dealkylation sites (tertiary alicyclic amines) is 1. The van der Waals surface area contributed by atoms with Crippen LogP contribution in [-0.4, -0.2) is 50.7 Å². The maximum atomic E-state index is 12.3. The predicted molar refractivity (Wildman–Crippen MR) is 101 cm³/mol. The Balaban J connectivity index is 1.66. The fourth-order valence-corrected chi connectivity index (χ4v) is 3.03. The Morgan fingerprint density at radius 1 is 1.31 bits per heavy atom. The summed E-state index contributed by atoms with van der Waals surface area (Å²) in [5, 5.41) is 6.49. The summed E-state index contributed by atoms with van der Waals surface area (Å²) in [6.45, 7) is 4.35. The molecule has 2 rings (SSSR count). The lowest BCUT2D eigenvalue weighted by Gasteiger charge is -2.30. The summed E-state index contributed by atoms with van der Waals surface area (Å²) in [4.78, 5) is 6.72. The standard InChI is InChI=1S/C19H30F2N4O/c1-15-7-11-25(12-8-15)10-4-9-23-19(22-2)24-14-16-5-3-6-17(13-16)26-18(20)21/h3,5-6,13,15,18H,4,7-12,14H2,1-2H3,(H2,22,23,24). The quantitative estimate of drug-likeness (QED) is 0.421. The number of halogens is 2. The fraction of sp³-hybridized carbons (Fsp3) is 0.632. The van der Waals surface area contributed by atoms with E-state index in [-0.39, 0.29) is 5.75 Å². The molecule has 7 heteroatoms. The van der Waals surface area contributed by atoms with Crippen LogP contribution in [0.15, 0.2) is 29.3 Å². The van der Waals surface area contributed by atoms with Gasteiger partial charge in [-0.05, 0) is 62.5 Å². The van der Waals surface area contributed by atoms with Gasteiger partial charge in [0.15, 0.2) is 5.96 Å². The van der Waals surface area contributed by atoms with E-state index >= 15 is 0 Å². The highest BCUT2D eigenvalue weighted by atomic mass is 19.3. The van der Waals surface area contributed by atoms with E-state index in [9.17, 15) is 8.78 Å². The molecular formula is C19H30F2N4O. The Kier molecular flexibility index (Phi) is 8.61. The second kappa shape index (κ2) is 11.0. The number of nitrogens with one attached hydrogen (secondary N) is 2. The van der Waals surface area contributed by atoms with Gasteiger partial charge in [0.25, 0.3) is 0 Å². The smallest absolute Gasteiger partial charge is 0.387 e. The van der Waals surface area contributed by atoms with Crippen molar-refractivity contribution >= 4 is 5.96 Å². The number of aliphatic imine (C=N–C) groups is 1. The van der Waals surface area contributed by atoms with Gasteiger partial charge in [0, 0.05) is 20.1 Å². The number of hydrogen-bond donors (Lipinski definition) is 2. The first-order chi connectivity index (χ1) is 12.6. The highest BCUT2D eigenvalue weighted by Gasteiger charge is 2.14. The molecule has 0 bridgehead atoms. The molecule has 146 valence electrons. The van der Waals surface area contributed by atoms with E-state index in [2.05, 4.69) is 32.2 Å². The Hall–Kier alpha value is -1.89. The summed E-state index contributed by atoms with van der Waals surface area (Å²) in [6, 6.07) is 6.67. The second-order valence-electron chi connectivity index (χ2n) is 6.76. The molecular weight excluding hydrogens is 338 g/mol. The van der Waals surface area contributed by atoms with Gasteiger partial charge in [0.2, 0.25) is 0 Å². The third-order valence-corrected chi connectivity index (χ3v) is 4.63. The highest BCUT2D eigenvalue weighted by molar-refractivity contribution is 5.79. The maximum Gasteiger partial charge on any atom is 0.387 e. The zero-order chi connectivity index (χ0) is 18.8. The second-order valence-corrected chi connectivity index (χ2v) is 6.76. The lowest BCUT2D eigenvalue weighted by molar-refractivity contribution is -0.0498. The van der Waals surface area contributed by atoms with E-state index in [1.807, 2.05) is 6.07 Å². The number of rotatable bonds is 8. The van der Waals surface area contributed by atoms with Crippen LogP contribution in [0, 0.1) is 5.92 Å². The third kappa shape index (κ3) is 7.56. The molecule has 1 heterocycles. The van der Waals surface area contributed by atoms with Crippen molar-refractivity contribution in [3.05, 3.63) is 29.8 Å². The average Bonchev–Trinajstić information content (AvgIpc) is 2.62. The first-order valence-electron chi connectivity index (χ1n) is 9.27. The Bertz CT molecular complexity index is 560. The van der Waals surface area contributed by atoms with Gasteiger partial charge in [-0.25, -0.2) is 0 Å². The third-order valence-electron chi connectivity index (χ3n) is 4.63. The summed E-state index contributed by atoms with van der Waals surface area (Å²) in [7, 11) is 1.72. The van der Waals surface area contributed by atoms with Gasteiger partial charge in [0.1, 0.15) is 5.75 Å². The largest absolute Gasteiger partial charge is 0.435 e. The van der Waals surface area contributed by atoms with Crippen molar-refractivity contribution in [3.8, 4) is 5.75 Å². The molecule has 0 aromatic heterocycles. The van der Waals surface area contributed by atoms with Crippen LogP contribution in [0.1, 0.15) is 31.7 Å². The number of ether oxygens (including phenoxy) is 1. The summed E-state index contributed by atoms with van der Waals surface area (Å²) >= 11 is 0. The van der Waals surface area contributed by atoms with Crippen molar-refractivity contribution < 1.29 is 13.5 Å². The van der Waals surface area contributed by atoms with Gasteiger partial charge in [-0.2, -0.15) is 8.78 Å². The molecule has 0 aliphatic carbocycles. The Morgan fingerprint density at radius 2 is 2.08 bits per heavy atom. The van der Waals surface area contributed by atoms with E-state index in [0.717, 1.165) is 31.0 Å². The number of guanidine groups is 1. The minimum Gasteiger partial charge on any atom is -0.435 e. The molecule has 1 aromatic rings. The summed E-state index contributed by atoms with van der Waals surface area (Å²) in [5.74, 6) is 1.73. The SMILES string of the molecule is CN=C(NCCCN1CCC(C)CC1)NCc1cccc(OC(F)F)c1. The van der Waals surface area contributed by atoms with Crippen LogP contribution in [0.5, 0.6) is 5.75 Å². The molecule has 0 unspecified atom stereocenters. The monoisotopic (exact) mass is 368 g/mol. The molecule has 5 nitrogen and oxygen atoms in total. The normalized spacial score (nSPS) is 16.7. The fourth-order valence-electron chi connectivity index (χ4n) is 3.03. The molecule has 26 heavy (non-hydrogen) atoms. The molecule has 0 radical (unpaired) electrons. The first-order valence-corrected chi connectivity index (χ1v) is 9.27. The van der Waals surface area contributed by atoms with Crippen LogP contribution in [0.4, 0.5) is 8.78 Å². The number of alkyl halides is 2. The molecule has 0 spiro atoms. The Morgan fingerprint density at radius 3 is 2.77 bits per heavy atom. The Labute approximate surface area is 154 Å². The summed E-state index contributed by atoms with van der Waals surface area (Å²) < 4.78 is 29.0. The molecule has 1 aromatic carbocycles. The number of nitrogens with zero attached hydrogens (tertiary/aromatic N) is 2. The number of piperidine rings is 1. The van der Waals surface area contributed by atoms with Crippen molar-refractivity contribution in [2.45, 2.75) is 39.3 Å². The van der Waals surface area contributed by atoms with E-state index in [1.54, 1.807) is 19.2 Å². The van der Waals surface area contributed by atoms with Crippen LogP contribution >= 0.6 is 0 Å². The predicted octanol–water partition coefficient (Wildman–Crippen LogP) is 3.08. The van der Waals surface area contributed by atoms with Crippen molar-refractivity contribution in [3.63, 3.8) is 0 Å². The molecule has 0 saturated carbocycles. The van der Waals surface area contributed by atoms with Crippen LogP contribution in [-0.2, 0) is 6.54 Å². The highest BCUT2D eigenvalue weighted by Crippen LogP contribution is 2.16. The lowest BCUT2D eigenvalue weighted by atomic mass is 9.99. The number of benzene rings is 1. The molecule has 0 atom stereocenters. The van der Waals surface area contributed by atoms with E-state index in [4.69, 9.17) is 0 Å². The van der Waals surface area contributed by atoms with Crippen molar-refractivity contribution in [2.24, 2.45) is 10.9 Å².